The van der Waals surface area contributed by atoms with Crippen molar-refractivity contribution in [2.75, 3.05) is 25.1 Å². The van der Waals surface area contributed by atoms with Crippen LogP contribution in [-0.2, 0) is 4.79 Å². The Morgan fingerprint density at radius 3 is 3.00 bits per heavy atom. The molecule has 1 aliphatic rings. The second kappa shape index (κ2) is 5.37. The summed E-state index contributed by atoms with van der Waals surface area (Å²) < 4.78 is 5.21. The van der Waals surface area contributed by atoms with E-state index in [-0.39, 0.29) is 11.9 Å². The van der Waals surface area contributed by atoms with Gasteiger partial charge >= 0.3 is 0 Å². The fraction of sp³-hybridized carbons (Fsp3) is 0.357. The Kier molecular flexibility index (Phi) is 3.55. The van der Waals surface area contributed by atoms with E-state index >= 15 is 0 Å². The molecule has 1 unspecified atom stereocenters. The van der Waals surface area contributed by atoms with Crippen molar-refractivity contribution < 1.29 is 9.53 Å². The van der Waals surface area contributed by atoms with E-state index in [0.29, 0.717) is 29.7 Å². The maximum absolute atomic E-state index is 11.8. The van der Waals surface area contributed by atoms with E-state index in [1.54, 1.807) is 19.2 Å². The number of rotatable bonds is 2. The molecule has 1 saturated heterocycles. The summed E-state index contributed by atoms with van der Waals surface area (Å²) in [6.45, 7) is 3.15. The first kappa shape index (κ1) is 13.9. The first-order valence-corrected chi connectivity index (χ1v) is 7.02. The Hall–Kier alpha value is -2.08. The van der Waals surface area contributed by atoms with Crippen LogP contribution in [-0.4, -0.2) is 42.1 Å². The summed E-state index contributed by atoms with van der Waals surface area (Å²) in [6.07, 6.45) is 1.49. The average Bonchev–Trinajstić information content (AvgIpc) is 2.49. The van der Waals surface area contributed by atoms with Gasteiger partial charge in [-0.25, -0.2) is 9.97 Å². The molecule has 2 heterocycles. The number of nitrogens with zero attached hydrogens (tertiary/aromatic N) is 3. The highest BCUT2D eigenvalue weighted by Crippen LogP contribution is 2.33. The van der Waals surface area contributed by atoms with Crippen molar-refractivity contribution >= 4 is 34.2 Å². The largest absolute Gasteiger partial charge is 0.495 e. The summed E-state index contributed by atoms with van der Waals surface area (Å²) in [5.74, 6) is 1.28. The Bertz CT molecular complexity index is 707. The summed E-state index contributed by atoms with van der Waals surface area (Å²) in [7, 11) is 1.56. The Morgan fingerprint density at radius 2 is 2.24 bits per heavy atom. The number of aromatic nitrogens is 2. The van der Waals surface area contributed by atoms with E-state index in [4.69, 9.17) is 16.3 Å². The first-order chi connectivity index (χ1) is 10.1. The second-order valence-electron chi connectivity index (χ2n) is 4.86. The van der Waals surface area contributed by atoms with Crippen LogP contribution in [0, 0.1) is 0 Å². The van der Waals surface area contributed by atoms with Crippen LogP contribution in [0.3, 0.4) is 0 Å². The van der Waals surface area contributed by atoms with Crippen LogP contribution in [0.1, 0.15) is 6.92 Å². The number of piperazine rings is 1. The van der Waals surface area contributed by atoms with Gasteiger partial charge in [0.25, 0.3) is 0 Å². The number of hydrogen-bond acceptors (Lipinski definition) is 5. The second-order valence-corrected chi connectivity index (χ2v) is 5.27. The molecular formula is C14H15ClN4O2. The molecule has 7 heteroatoms. The van der Waals surface area contributed by atoms with Gasteiger partial charge < -0.3 is 15.0 Å². The zero-order valence-corrected chi connectivity index (χ0v) is 12.5. The van der Waals surface area contributed by atoms with Crippen molar-refractivity contribution in [1.82, 2.24) is 15.3 Å². The topological polar surface area (TPSA) is 67.4 Å². The summed E-state index contributed by atoms with van der Waals surface area (Å²) in [4.78, 5) is 22.4. The predicted octanol–water partition coefficient (Wildman–Crippen LogP) is 1.62. The van der Waals surface area contributed by atoms with Crippen molar-refractivity contribution in [3.05, 3.63) is 23.5 Å². The zero-order chi connectivity index (χ0) is 15.0. The number of amides is 1. The Balaban J connectivity index is 2.14. The van der Waals surface area contributed by atoms with E-state index in [9.17, 15) is 4.79 Å². The smallest absolute Gasteiger partial charge is 0.242 e. The molecule has 6 nitrogen and oxygen atoms in total. The molecule has 21 heavy (non-hydrogen) atoms. The van der Waals surface area contributed by atoms with Gasteiger partial charge in [0.2, 0.25) is 5.91 Å². The third-order valence-electron chi connectivity index (χ3n) is 3.66. The van der Waals surface area contributed by atoms with Gasteiger partial charge in [0.05, 0.1) is 17.6 Å². The summed E-state index contributed by atoms with van der Waals surface area (Å²) in [5, 5.41) is 4.14. The highest BCUT2D eigenvalue weighted by molar-refractivity contribution is 6.33. The molecule has 110 valence electrons. The summed E-state index contributed by atoms with van der Waals surface area (Å²) >= 11 is 6.20. The van der Waals surface area contributed by atoms with Crippen molar-refractivity contribution in [2.24, 2.45) is 0 Å². The molecular weight excluding hydrogens is 292 g/mol. The Morgan fingerprint density at radius 1 is 1.43 bits per heavy atom. The van der Waals surface area contributed by atoms with Gasteiger partial charge in [-0.3, -0.25) is 4.79 Å². The maximum Gasteiger partial charge on any atom is 0.242 e. The molecule has 1 aromatic carbocycles. The van der Waals surface area contributed by atoms with Gasteiger partial charge in [-0.05, 0) is 13.0 Å². The van der Waals surface area contributed by atoms with Crippen LogP contribution in [0.2, 0.25) is 5.02 Å². The van der Waals surface area contributed by atoms with Gasteiger partial charge in [-0.15, -0.1) is 0 Å². The molecule has 1 fully saturated rings. The monoisotopic (exact) mass is 306 g/mol. The summed E-state index contributed by atoms with van der Waals surface area (Å²) in [6, 6.07) is 3.28. The van der Waals surface area contributed by atoms with Crippen molar-refractivity contribution in [3.8, 4) is 5.75 Å². The van der Waals surface area contributed by atoms with Crippen LogP contribution >= 0.6 is 11.6 Å². The molecule has 3 rings (SSSR count). The van der Waals surface area contributed by atoms with E-state index in [0.717, 1.165) is 10.9 Å². The minimum atomic E-state index is -0.280. The highest BCUT2D eigenvalue weighted by Gasteiger charge is 2.27. The molecule has 1 atom stereocenters. The SMILES string of the molecule is COc1cc2ncnc(N3CCNC(=O)C3C)c2cc1Cl. The third-order valence-corrected chi connectivity index (χ3v) is 3.95. The molecule has 0 spiro atoms. The van der Waals surface area contributed by atoms with Crippen molar-refractivity contribution in [3.63, 3.8) is 0 Å². The Labute approximate surface area is 127 Å². The highest BCUT2D eigenvalue weighted by atomic mass is 35.5. The van der Waals surface area contributed by atoms with Crippen LogP contribution in [0.25, 0.3) is 10.9 Å². The molecule has 2 aromatic rings. The fourth-order valence-electron chi connectivity index (χ4n) is 2.50. The number of methoxy groups -OCH3 is 1. The number of benzene rings is 1. The molecule has 1 N–H and O–H groups in total. The first-order valence-electron chi connectivity index (χ1n) is 6.64. The van der Waals surface area contributed by atoms with Gasteiger partial charge in [0.15, 0.2) is 0 Å². The van der Waals surface area contributed by atoms with E-state index in [1.807, 2.05) is 11.8 Å². The van der Waals surface area contributed by atoms with E-state index in [1.165, 1.54) is 6.33 Å². The van der Waals surface area contributed by atoms with Gasteiger partial charge in [-0.1, -0.05) is 11.6 Å². The van der Waals surface area contributed by atoms with Crippen LogP contribution in [0.4, 0.5) is 5.82 Å². The molecule has 0 aliphatic carbocycles. The van der Waals surface area contributed by atoms with Crippen molar-refractivity contribution in [2.45, 2.75) is 13.0 Å². The lowest BCUT2D eigenvalue weighted by atomic mass is 10.1. The minimum Gasteiger partial charge on any atom is -0.495 e. The summed E-state index contributed by atoms with van der Waals surface area (Å²) in [5.41, 5.74) is 0.736. The number of carbonyl (C=O) groups excluding carboxylic acids is 1. The zero-order valence-electron chi connectivity index (χ0n) is 11.8. The molecule has 0 radical (unpaired) electrons. The lowest BCUT2D eigenvalue weighted by molar-refractivity contribution is -0.122. The number of fused-ring (bicyclic) bond motifs is 1. The molecule has 1 aliphatic heterocycles. The molecule has 0 saturated carbocycles. The lowest BCUT2D eigenvalue weighted by Gasteiger charge is -2.34. The van der Waals surface area contributed by atoms with Crippen LogP contribution < -0.4 is 15.0 Å². The normalized spacial score (nSPS) is 18.7. The molecule has 1 amide bonds. The number of nitrogens with one attached hydrogen (secondary N) is 1. The van der Waals surface area contributed by atoms with Crippen LogP contribution in [0.15, 0.2) is 18.5 Å². The number of carbonyl (C=O) groups is 1. The maximum atomic E-state index is 11.8. The standard InChI is InChI=1S/C14H15ClN4O2/c1-8-14(20)16-3-4-19(8)13-9-5-10(15)12(21-2)6-11(9)17-7-18-13/h5-8H,3-4H2,1-2H3,(H,16,20). The lowest BCUT2D eigenvalue weighted by Crippen LogP contribution is -2.54. The van der Waals surface area contributed by atoms with E-state index in [2.05, 4.69) is 15.3 Å². The van der Waals surface area contributed by atoms with Crippen LogP contribution in [0.5, 0.6) is 5.75 Å². The minimum absolute atomic E-state index is 0.00683. The molecule has 1 aromatic heterocycles. The number of ether oxygens (including phenoxy) is 1. The predicted molar refractivity (Wildman–Crippen MR) is 80.9 cm³/mol. The average molecular weight is 307 g/mol. The van der Waals surface area contributed by atoms with Gasteiger partial charge in [0, 0.05) is 24.5 Å². The number of anilines is 1. The van der Waals surface area contributed by atoms with Gasteiger partial charge in [-0.2, -0.15) is 0 Å². The van der Waals surface area contributed by atoms with Gasteiger partial charge in [0.1, 0.15) is 23.9 Å². The number of hydrogen-bond donors (Lipinski definition) is 1. The third kappa shape index (κ3) is 2.35. The van der Waals surface area contributed by atoms with Crippen molar-refractivity contribution in [1.29, 1.82) is 0 Å². The fourth-order valence-corrected chi connectivity index (χ4v) is 2.74. The molecule has 0 bridgehead atoms. The quantitative estimate of drug-likeness (QED) is 0.913. The number of halogens is 1. The van der Waals surface area contributed by atoms with E-state index < -0.39 is 0 Å².